The average molecular weight is 401 g/mol. The lowest BCUT2D eigenvalue weighted by Crippen LogP contribution is -2.30. The minimum Gasteiger partial charge on any atom is -0.493 e. The predicted molar refractivity (Wildman–Crippen MR) is 110 cm³/mol. The van der Waals surface area contributed by atoms with Gasteiger partial charge in [0, 0.05) is 31.8 Å². The summed E-state index contributed by atoms with van der Waals surface area (Å²) in [7, 11) is 1.60. The number of amides is 2. The predicted octanol–water partition coefficient (Wildman–Crippen LogP) is 3.45. The minimum absolute atomic E-state index is 0.0589. The number of nitrogens with one attached hydrogen (secondary N) is 1. The fraction of sp³-hybridized carbons (Fsp3) is 0.333. The van der Waals surface area contributed by atoms with Crippen molar-refractivity contribution in [3.63, 3.8) is 0 Å². The molecule has 1 aliphatic heterocycles. The fourth-order valence-corrected chi connectivity index (χ4v) is 3.68. The van der Waals surface area contributed by atoms with E-state index in [9.17, 15) is 9.59 Å². The standard InChI is InChI=1S/C21H24N2O4S/c1-26-19-13-17(7-8-18(19)27-15-16-5-3-2-4-6-16)14-22-20(24)9-10-23-11-12-28-21(23)25/h2-8,13H,9-12,14-15H2,1H3,(H,22,24). The number of ether oxygens (including phenoxy) is 2. The lowest BCUT2D eigenvalue weighted by molar-refractivity contribution is -0.121. The Morgan fingerprint density at radius 1 is 1.14 bits per heavy atom. The summed E-state index contributed by atoms with van der Waals surface area (Å²) >= 11 is 1.30. The van der Waals surface area contributed by atoms with Crippen molar-refractivity contribution in [1.82, 2.24) is 10.2 Å². The van der Waals surface area contributed by atoms with Gasteiger partial charge in [0.2, 0.25) is 5.91 Å². The molecule has 1 heterocycles. The first-order chi connectivity index (χ1) is 13.7. The number of benzene rings is 2. The zero-order chi connectivity index (χ0) is 19.8. The highest BCUT2D eigenvalue weighted by atomic mass is 32.2. The fourth-order valence-electron chi connectivity index (χ4n) is 2.83. The second-order valence-corrected chi connectivity index (χ2v) is 7.43. The second kappa shape index (κ2) is 10.0. The molecular formula is C21H24N2O4S. The number of rotatable bonds is 9. The Bertz CT molecular complexity index is 813. The molecule has 28 heavy (non-hydrogen) atoms. The van der Waals surface area contributed by atoms with Gasteiger partial charge >= 0.3 is 0 Å². The Kier molecular flexibility index (Phi) is 7.19. The largest absolute Gasteiger partial charge is 0.493 e. The van der Waals surface area contributed by atoms with Crippen molar-refractivity contribution in [2.45, 2.75) is 19.6 Å². The molecule has 7 heteroatoms. The zero-order valence-corrected chi connectivity index (χ0v) is 16.7. The van der Waals surface area contributed by atoms with Crippen LogP contribution in [-0.2, 0) is 17.9 Å². The molecule has 0 atom stereocenters. The molecule has 1 saturated heterocycles. The van der Waals surface area contributed by atoms with Crippen LogP contribution in [0.15, 0.2) is 48.5 Å². The summed E-state index contributed by atoms with van der Waals surface area (Å²) in [5.74, 6) is 2.01. The van der Waals surface area contributed by atoms with E-state index in [1.165, 1.54) is 11.8 Å². The van der Waals surface area contributed by atoms with Crippen LogP contribution in [0.3, 0.4) is 0 Å². The van der Waals surface area contributed by atoms with Crippen LogP contribution in [0, 0.1) is 0 Å². The van der Waals surface area contributed by atoms with Crippen molar-refractivity contribution in [2.24, 2.45) is 0 Å². The van der Waals surface area contributed by atoms with E-state index in [-0.39, 0.29) is 11.1 Å². The van der Waals surface area contributed by atoms with Gasteiger partial charge in [0.1, 0.15) is 6.61 Å². The van der Waals surface area contributed by atoms with Gasteiger partial charge in [-0.1, -0.05) is 48.2 Å². The highest BCUT2D eigenvalue weighted by Gasteiger charge is 2.21. The van der Waals surface area contributed by atoms with E-state index in [1.54, 1.807) is 12.0 Å². The first kappa shape index (κ1) is 20.1. The SMILES string of the molecule is COc1cc(CNC(=O)CCN2CCSC2=O)ccc1OCc1ccccc1. The molecular weight excluding hydrogens is 376 g/mol. The highest BCUT2D eigenvalue weighted by Crippen LogP contribution is 2.29. The van der Waals surface area contributed by atoms with Crippen LogP contribution in [0.4, 0.5) is 4.79 Å². The molecule has 0 spiro atoms. The summed E-state index contributed by atoms with van der Waals surface area (Å²) in [6.07, 6.45) is 0.307. The van der Waals surface area contributed by atoms with Gasteiger partial charge in [-0.3, -0.25) is 9.59 Å². The quantitative estimate of drug-likeness (QED) is 0.698. The number of thioether (sulfide) groups is 1. The first-order valence-electron chi connectivity index (χ1n) is 9.18. The molecule has 0 aromatic heterocycles. The second-order valence-electron chi connectivity index (χ2n) is 6.39. The summed E-state index contributed by atoms with van der Waals surface area (Å²) < 4.78 is 11.3. The van der Waals surface area contributed by atoms with Crippen molar-refractivity contribution in [2.75, 3.05) is 26.0 Å². The summed E-state index contributed by atoms with van der Waals surface area (Å²) in [4.78, 5) is 25.3. The lowest BCUT2D eigenvalue weighted by atomic mass is 10.2. The third-order valence-corrected chi connectivity index (χ3v) is 5.30. The van der Waals surface area contributed by atoms with Crippen LogP contribution in [0.1, 0.15) is 17.5 Å². The number of hydrogen-bond donors (Lipinski definition) is 1. The molecule has 2 aromatic carbocycles. The molecule has 0 bridgehead atoms. The number of carbonyl (C=O) groups is 2. The summed E-state index contributed by atoms with van der Waals surface area (Å²) in [6, 6.07) is 15.5. The summed E-state index contributed by atoms with van der Waals surface area (Å²) in [5.41, 5.74) is 2.00. The van der Waals surface area contributed by atoms with E-state index in [0.717, 1.165) is 23.4 Å². The van der Waals surface area contributed by atoms with Gasteiger partial charge < -0.3 is 19.7 Å². The van der Waals surface area contributed by atoms with Crippen molar-refractivity contribution >= 4 is 22.9 Å². The van der Waals surface area contributed by atoms with Gasteiger partial charge in [0.15, 0.2) is 11.5 Å². The molecule has 2 aromatic rings. The molecule has 0 radical (unpaired) electrons. The normalized spacial score (nSPS) is 13.5. The molecule has 6 nitrogen and oxygen atoms in total. The van der Waals surface area contributed by atoms with Gasteiger partial charge in [-0.2, -0.15) is 0 Å². The summed E-state index contributed by atoms with van der Waals surface area (Å²) in [6.45, 7) is 2.04. The van der Waals surface area contributed by atoms with Gasteiger partial charge in [-0.05, 0) is 23.3 Å². The van der Waals surface area contributed by atoms with E-state index in [0.29, 0.717) is 37.6 Å². The number of hydrogen-bond acceptors (Lipinski definition) is 5. The van der Waals surface area contributed by atoms with Crippen LogP contribution in [0.5, 0.6) is 11.5 Å². The molecule has 0 unspecified atom stereocenters. The third kappa shape index (κ3) is 5.66. The Morgan fingerprint density at radius 3 is 2.68 bits per heavy atom. The van der Waals surface area contributed by atoms with Crippen molar-refractivity contribution in [3.8, 4) is 11.5 Å². The van der Waals surface area contributed by atoms with Crippen molar-refractivity contribution in [3.05, 3.63) is 59.7 Å². The molecule has 1 fully saturated rings. The number of nitrogens with zero attached hydrogens (tertiary/aromatic N) is 1. The molecule has 1 aliphatic rings. The topological polar surface area (TPSA) is 67.9 Å². The van der Waals surface area contributed by atoms with Crippen molar-refractivity contribution in [1.29, 1.82) is 0 Å². The van der Waals surface area contributed by atoms with Gasteiger partial charge in [-0.25, -0.2) is 0 Å². The maximum absolute atomic E-state index is 12.0. The number of methoxy groups -OCH3 is 1. The lowest BCUT2D eigenvalue weighted by Gasteiger charge is -2.15. The Hall–Kier alpha value is -2.67. The van der Waals surface area contributed by atoms with Crippen LogP contribution in [0.25, 0.3) is 0 Å². The maximum atomic E-state index is 12.0. The monoisotopic (exact) mass is 400 g/mol. The number of carbonyl (C=O) groups excluding carboxylic acids is 2. The molecule has 3 rings (SSSR count). The van der Waals surface area contributed by atoms with Crippen LogP contribution in [0.2, 0.25) is 0 Å². The molecule has 0 saturated carbocycles. The molecule has 148 valence electrons. The molecule has 2 amide bonds. The van der Waals surface area contributed by atoms with E-state index in [1.807, 2.05) is 48.5 Å². The Labute approximate surface area is 169 Å². The average Bonchev–Trinajstić information content (AvgIpc) is 3.15. The molecule has 0 aliphatic carbocycles. The Morgan fingerprint density at radius 2 is 1.96 bits per heavy atom. The Balaban J connectivity index is 1.48. The van der Waals surface area contributed by atoms with Crippen LogP contribution >= 0.6 is 11.8 Å². The minimum atomic E-state index is -0.0759. The first-order valence-corrected chi connectivity index (χ1v) is 10.2. The van der Waals surface area contributed by atoms with Gasteiger partial charge in [-0.15, -0.1) is 0 Å². The van der Waals surface area contributed by atoms with E-state index in [4.69, 9.17) is 9.47 Å². The molecule has 1 N–H and O–H groups in total. The van der Waals surface area contributed by atoms with Gasteiger partial charge in [0.25, 0.3) is 5.24 Å². The third-order valence-electron chi connectivity index (χ3n) is 4.41. The van der Waals surface area contributed by atoms with E-state index < -0.39 is 0 Å². The van der Waals surface area contributed by atoms with E-state index >= 15 is 0 Å². The summed E-state index contributed by atoms with van der Waals surface area (Å²) in [5, 5.41) is 2.95. The zero-order valence-electron chi connectivity index (χ0n) is 15.8. The van der Waals surface area contributed by atoms with Crippen LogP contribution < -0.4 is 14.8 Å². The smallest absolute Gasteiger partial charge is 0.281 e. The highest BCUT2D eigenvalue weighted by molar-refractivity contribution is 8.13. The van der Waals surface area contributed by atoms with Gasteiger partial charge in [0.05, 0.1) is 7.11 Å². The maximum Gasteiger partial charge on any atom is 0.281 e. The van der Waals surface area contributed by atoms with Crippen molar-refractivity contribution < 1.29 is 19.1 Å². The van der Waals surface area contributed by atoms with Crippen LogP contribution in [-0.4, -0.2) is 42.0 Å². The van der Waals surface area contributed by atoms with E-state index in [2.05, 4.69) is 5.32 Å².